The summed E-state index contributed by atoms with van der Waals surface area (Å²) >= 11 is 6.18. The molecule has 4 heterocycles. The highest BCUT2D eigenvalue weighted by Crippen LogP contribution is 2.44. The quantitative estimate of drug-likeness (QED) is 0.565. The number of rotatable bonds is 1. The highest BCUT2D eigenvalue weighted by molar-refractivity contribution is 6.29. The Bertz CT molecular complexity index is 1270. The lowest BCUT2D eigenvalue weighted by atomic mass is 9.83. The predicted octanol–water partition coefficient (Wildman–Crippen LogP) is 3.49. The number of anilines is 2. The highest BCUT2D eigenvalue weighted by Gasteiger charge is 2.44. The van der Waals surface area contributed by atoms with Crippen molar-refractivity contribution in [2.24, 2.45) is 7.05 Å². The number of hydrogen-bond donors (Lipinski definition) is 0. The first-order chi connectivity index (χ1) is 14.4. The van der Waals surface area contributed by atoms with Crippen LogP contribution in [0.5, 0.6) is 0 Å². The van der Waals surface area contributed by atoms with Crippen LogP contribution in [0.3, 0.4) is 0 Å². The van der Waals surface area contributed by atoms with E-state index in [4.69, 9.17) is 11.6 Å². The molecule has 0 atom stereocenters. The maximum Gasteiger partial charge on any atom is 0.270 e. The van der Waals surface area contributed by atoms with Gasteiger partial charge in [-0.1, -0.05) is 29.8 Å². The molecule has 30 heavy (non-hydrogen) atoms. The van der Waals surface area contributed by atoms with E-state index in [1.54, 1.807) is 19.2 Å². The Labute approximate surface area is 179 Å². The first-order valence-corrected chi connectivity index (χ1v) is 10.5. The van der Waals surface area contributed by atoms with Crippen LogP contribution in [0.4, 0.5) is 11.4 Å². The van der Waals surface area contributed by atoms with Gasteiger partial charge >= 0.3 is 0 Å². The maximum absolute atomic E-state index is 12.9. The minimum Gasteiger partial charge on any atom is -0.368 e. The Morgan fingerprint density at radius 1 is 1.13 bits per heavy atom. The van der Waals surface area contributed by atoms with Gasteiger partial charge in [-0.05, 0) is 43.0 Å². The van der Waals surface area contributed by atoms with E-state index in [9.17, 15) is 10.1 Å². The number of likely N-dealkylation sites (N-methyl/N-ethyl adjacent to an activating group) is 1. The molecule has 2 aromatic heterocycles. The van der Waals surface area contributed by atoms with E-state index >= 15 is 0 Å². The summed E-state index contributed by atoms with van der Waals surface area (Å²) in [6.07, 6.45) is 2.92. The van der Waals surface area contributed by atoms with E-state index in [0.717, 1.165) is 32.4 Å². The first kappa shape index (κ1) is 19.0. The van der Waals surface area contributed by atoms with Crippen LogP contribution >= 0.6 is 11.6 Å². The SMILES string of the molecule is CN1c2ccccc2CC12CCN(c1c(C#N)c(=O)n(C)c3ccc(Cl)nc13)CC2. The van der Waals surface area contributed by atoms with Gasteiger partial charge in [0.05, 0.1) is 11.2 Å². The molecule has 0 unspecified atom stereocenters. The summed E-state index contributed by atoms with van der Waals surface area (Å²) in [5.41, 5.74) is 4.52. The Balaban J connectivity index is 1.55. The summed E-state index contributed by atoms with van der Waals surface area (Å²) in [6.45, 7) is 1.51. The topological polar surface area (TPSA) is 65.2 Å². The third kappa shape index (κ3) is 2.62. The van der Waals surface area contributed by atoms with Crippen molar-refractivity contribution in [1.82, 2.24) is 9.55 Å². The first-order valence-electron chi connectivity index (χ1n) is 10.1. The monoisotopic (exact) mass is 419 g/mol. The Morgan fingerprint density at radius 2 is 1.87 bits per heavy atom. The number of pyridine rings is 2. The maximum atomic E-state index is 12.9. The van der Waals surface area contributed by atoms with Gasteiger partial charge in [-0.3, -0.25) is 4.79 Å². The molecule has 1 spiro atoms. The number of benzene rings is 1. The van der Waals surface area contributed by atoms with E-state index in [1.165, 1.54) is 15.8 Å². The Hall–Kier alpha value is -3.04. The predicted molar refractivity (Wildman–Crippen MR) is 119 cm³/mol. The molecule has 2 aliphatic rings. The second kappa shape index (κ2) is 6.75. The standard InChI is InChI=1S/C23H22ClN5O/c1-27-18-7-8-19(24)26-20(18)21(16(14-25)22(27)30)29-11-9-23(10-12-29)13-15-5-3-4-6-17(15)28(23)2/h3-8H,9-13H2,1-2H3. The van der Waals surface area contributed by atoms with Gasteiger partial charge in [0.25, 0.3) is 5.56 Å². The van der Waals surface area contributed by atoms with Crippen LogP contribution in [0.15, 0.2) is 41.2 Å². The largest absolute Gasteiger partial charge is 0.368 e. The third-order valence-corrected chi connectivity index (χ3v) is 7.10. The molecule has 0 saturated carbocycles. The molecule has 1 fully saturated rings. The molecule has 0 N–H and O–H groups in total. The number of nitrogens with zero attached hydrogens (tertiary/aromatic N) is 5. The number of fused-ring (bicyclic) bond motifs is 2. The fourth-order valence-corrected chi connectivity index (χ4v) is 5.30. The summed E-state index contributed by atoms with van der Waals surface area (Å²) in [5, 5.41) is 10.1. The van der Waals surface area contributed by atoms with Gasteiger partial charge in [-0.2, -0.15) is 5.26 Å². The summed E-state index contributed by atoms with van der Waals surface area (Å²) in [4.78, 5) is 21.9. The number of piperidine rings is 1. The molecule has 1 aromatic carbocycles. The van der Waals surface area contributed by atoms with Crippen LogP contribution in [0, 0.1) is 11.3 Å². The third-order valence-electron chi connectivity index (χ3n) is 6.89. The lowest BCUT2D eigenvalue weighted by Gasteiger charge is -2.45. The molecule has 7 heteroatoms. The van der Waals surface area contributed by atoms with Crippen LogP contribution in [-0.4, -0.2) is 35.2 Å². The van der Waals surface area contributed by atoms with Gasteiger partial charge in [-0.25, -0.2) is 4.98 Å². The summed E-state index contributed by atoms with van der Waals surface area (Å²) in [7, 11) is 3.85. The van der Waals surface area contributed by atoms with E-state index < -0.39 is 0 Å². The van der Waals surface area contributed by atoms with E-state index in [-0.39, 0.29) is 16.7 Å². The smallest absolute Gasteiger partial charge is 0.270 e. The normalized spacial score (nSPS) is 17.4. The molecule has 0 aliphatic carbocycles. The van der Waals surface area contributed by atoms with Crippen molar-refractivity contribution in [1.29, 1.82) is 5.26 Å². The van der Waals surface area contributed by atoms with Gasteiger partial charge in [0, 0.05) is 38.4 Å². The molecule has 3 aromatic rings. The molecular weight excluding hydrogens is 398 g/mol. The average Bonchev–Trinajstić information content (AvgIpc) is 3.03. The molecule has 0 radical (unpaired) electrons. The Kier molecular flexibility index (Phi) is 4.26. The number of halogens is 1. The highest BCUT2D eigenvalue weighted by atomic mass is 35.5. The number of aromatic nitrogens is 2. The summed E-state index contributed by atoms with van der Waals surface area (Å²) in [5.74, 6) is 0. The molecule has 0 bridgehead atoms. The number of hydrogen-bond acceptors (Lipinski definition) is 5. The summed E-state index contributed by atoms with van der Waals surface area (Å²) < 4.78 is 1.48. The van der Waals surface area contributed by atoms with Crippen molar-refractivity contribution in [3.05, 3.63) is 63.0 Å². The molecule has 0 amide bonds. The minimum absolute atomic E-state index is 0.0770. The molecule has 5 rings (SSSR count). The molecule has 6 nitrogen and oxygen atoms in total. The fourth-order valence-electron chi connectivity index (χ4n) is 5.15. The zero-order valence-corrected chi connectivity index (χ0v) is 17.8. The lowest BCUT2D eigenvalue weighted by molar-refractivity contribution is 0.333. The fraction of sp³-hybridized carbons (Fsp3) is 0.348. The lowest BCUT2D eigenvalue weighted by Crippen LogP contribution is -2.53. The summed E-state index contributed by atoms with van der Waals surface area (Å²) in [6, 6.07) is 14.2. The van der Waals surface area contributed by atoms with Crippen LogP contribution in [0.25, 0.3) is 11.0 Å². The zero-order chi connectivity index (χ0) is 21.0. The average molecular weight is 420 g/mol. The second-order valence-corrected chi connectivity index (χ2v) is 8.66. The molecule has 2 aliphatic heterocycles. The van der Waals surface area contributed by atoms with Gasteiger partial charge in [0.2, 0.25) is 0 Å². The van der Waals surface area contributed by atoms with Crippen molar-refractivity contribution in [2.45, 2.75) is 24.8 Å². The molecule has 152 valence electrons. The van der Waals surface area contributed by atoms with Crippen LogP contribution in [0.2, 0.25) is 5.15 Å². The van der Waals surface area contributed by atoms with Crippen LogP contribution in [0.1, 0.15) is 24.0 Å². The molecule has 1 saturated heterocycles. The number of nitriles is 1. The van der Waals surface area contributed by atoms with Crippen molar-refractivity contribution in [3.8, 4) is 6.07 Å². The number of para-hydroxylation sites is 1. The van der Waals surface area contributed by atoms with Crippen LogP contribution < -0.4 is 15.4 Å². The van der Waals surface area contributed by atoms with Crippen LogP contribution in [-0.2, 0) is 13.5 Å². The van der Waals surface area contributed by atoms with Crippen molar-refractivity contribution in [2.75, 3.05) is 29.9 Å². The zero-order valence-electron chi connectivity index (χ0n) is 17.0. The van der Waals surface area contributed by atoms with Gasteiger partial charge in [-0.15, -0.1) is 0 Å². The molecular formula is C23H22ClN5O. The van der Waals surface area contributed by atoms with Crippen molar-refractivity contribution < 1.29 is 0 Å². The van der Waals surface area contributed by atoms with E-state index in [1.807, 2.05) is 0 Å². The van der Waals surface area contributed by atoms with E-state index in [0.29, 0.717) is 21.9 Å². The van der Waals surface area contributed by atoms with Crippen molar-refractivity contribution in [3.63, 3.8) is 0 Å². The van der Waals surface area contributed by atoms with Gasteiger partial charge < -0.3 is 14.4 Å². The second-order valence-electron chi connectivity index (χ2n) is 8.28. The van der Waals surface area contributed by atoms with Gasteiger partial charge in [0.1, 0.15) is 22.3 Å². The Morgan fingerprint density at radius 3 is 2.57 bits per heavy atom. The number of aryl methyl sites for hydroxylation is 1. The minimum atomic E-state index is -0.296. The van der Waals surface area contributed by atoms with Gasteiger partial charge in [0.15, 0.2) is 0 Å². The van der Waals surface area contributed by atoms with E-state index in [2.05, 4.69) is 52.2 Å². The van der Waals surface area contributed by atoms with Crippen molar-refractivity contribution >= 4 is 34.0 Å².